The van der Waals surface area contributed by atoms with Crippen LogP contribution in [0.3, 0.4) is 0 Å². The van der Waals surface area contributed by atoms with Crippen molar-refractivity contribution in [2.75, 3.05) is 0 Å². The van der Waals surface area contributed by atoms with Crippen molar-refractivity contribution in [3.63, 3.8) is 0 Å². The average molecular weight is 117 g/mol. The van der Waals surface area contributed by atoms with E-state index >= 15 is 0 Å². The monoisotopic (exact) mass is 116 g/mol. The lowest BCUT2D eigenvalue weighted by molar-refractivity contribution is -0.110. The molecule has 0 rings (SSSR count). The Balaban J connectivity index is 3.58. The highest BCUT2D eigenvalue weighted by Gasteiger charge is 1.79. The summed E-state index contributed by atoms with van der Waals surface area (Å²) < 4.78 is 0. The van der Waals surface area contributed by atoms with E-state index in [0.717, 1.165) is 5.54 Å². The molecule has 0 saturated carbocycles. The van der Waals surface area contributed by atoms with Crippen molar-refractivity contribution < 1.29 is 4.79 Å². The molecule has 0 amide bonds. The van der Waals surface area contributed by atoms with Crippen LogP contribution in [-0.4, -0.2) is 5.78 Å². The minimum Gasteiger partial charge on any atom is -0.290 e. The van der Waals surface area contributed by atoms with Crippen molar-refractivity contribution in [1.29, 1.82) is 0 Å². The van der Waals surface area contributed by atoms with E-state index in [1.807, 2.05) is 0 Å². The van der Waals surface area contributed by atoms with Crippen LogP contribution in [0.5, 0.6) is 0 Å². The fourth-order valence-electron chi connectivity index (χ4n) is 0.130. The summed E-state index contributed by atoms with van der Waals surface area (Å²) in [4.78, 5) is 10.1. The quantitative estimate of drug-likeness (QED) is 0.500. The molecule has 7 heavy (non-hydrogen) atoms. The molecule has 0 aromatic heterocycles. The summed E-state index contributed by atoms with van der Waals surface area (Å²) in [5, 5.41) is 0. The zero-order valence-electron chi connectivity index (χ0n) is 3.73. The highest BCUT2D eigenvalue weighted by molar-refractivity contribution is 6.27. The molecule has 1 nitrogen and oxygen atoms in total. The minimum absolute atomic E-state index is 0.171. The van der Waals surface area contributed by atoms with E-state index in [0.29, 0.717) is 0 Å². The molecule has 0 aliphatic carbocycles. The van der Waals surface area contributed by atoms with E-state index in [-0.39, 0.29) is 5.78 Å². The molecule has 38 valence electrons. The fraction of sp³-hybridized carbons (Fsp3) is 0. The van der Waals surface area contributed by atoms with Crippen LogP contribution < -0.4 is 0 Å². The summed E-state index contributed by atoms with van der Waals surface area (Å²) in [6, 6.07) is 0. The zero-order valence-corrected chi connectivity index (χ0v) is 4.48. The SMILES string of the molecule is C=CC(=O)C=CCl. The molecule has 0 N–H and O–H groups in total. The van der Waals surface area contributed by atoms with Gasteiger partial charge in [0.15, 0.2) is 5.78 Å². The summed E-state index contributed by atoms with van der Waals surface area (Å²) >= 11 is 5.03. The molecule has 0 atom stereocenters. The van der Waals surface area contributed by atoms with Crippen molar-refractivity contribution >= 4 is 17.4 Å². The van der Waals surface area contributed by atoms with Crippen LogP contribution in [0, 0.1) is 0 Å². The highest BCUT2D eigenvalue weighted by Crippen LogP contribution is 1.79. The van der Waals surface area contributed by atoms with Gasteiger partial charge in [0, 0.05) is 5.54 Å². The number of rotatable bonds is 2. The number of halogens is 1. The van der Waals surface area contributed by atoms with Gasteiger partial charge in [0.1, 0.15) is 0 Å². The Kier molecular flexibility index (Phi) is 3.33. The first-order chi connectivity index (χ1) is 3.31. The zero-order chi connectivity index (χ0) is 5.70. The van der Waals surface area contributed by atoms with Crippen LogP contribution in [0.15, 0.2) is 24.3 Å². The standard InChI is InChI=1S/C5H5ClO/c1-2-5(7)3-4-6/h2-4H,1H2. The van der Waals surface area contributed by atoms with Gasteiger partial charge in [-0.05, 0) is 12.2 Å². The molecule has 0 aromatic carbocycles. The predicted molar refractivity (Wildman–Crippen MR) is 30.2 cm³/mol. The first-order valence-corrected chi connectivity index (χ1v) is 2.18. The third-order valence-electron chi connectivity index (χ3n) is 0.428. The number of carbonyl (C=O) groups excluding carboxylic acids is 1. The van der Waals surface area contributed by atoms with E-state index in [1.54, 1.807) is 0 Å². The summed E-state index contributed by atoms with van der Waals surface area (Å²) in [5.41, 5.74) is 1.16. The van der Waals surface area contributed by atoms with Crippen LogP contribution >= 0.6 is 11.6 Å². The van der Waals surface area contributed by atoms with Gasteiger partial charge in [0.05, 0.1) is 0 Å². The number of allylic oxidation sites excluding steroid dienone is 2. The second-order valence-electron chi connectivity index (χ2n) is 0.899. The minimum atomic E-state index is -0.171. The van der Waals surface area contributed by atoms with Gasteiger partial charge < -0.3 is 0 Å². The molecule has 0 unspecified atom stereocenters. The van der Waals surface area contributed by atoms with E-state index in [2.05, 4.69) is 6.58 Å². The van der Waals surface area contributed by atoms with E-state index in [9.17, 15) is 4.79 Å². The number of carbonyl (C=O) groups is 1. The van der Waals surface area contributed by atoms with Crippen molar-refractivity contribution in [3.05, 3.63) is 24.3 Å². The Morgan fingerprint density at radius 1 is 1.71 bits per heavy atom. The average Bonchev–Trinajstić information content (AvgIpc) is 1.68. The summed E-state index contributed by atoms with van der Waals surface area (Å²) in [6.07, 6.45) is 2.42. The van der Waals surface area contributed by atoms with Gasteiger partial charge in [-0.25, -0.2) is 0 Å². The van der Waals surface area contributed by atoms with Crippen molar-refractivity contribution in [1.82, 2.24) is 0 Å². The maximum absolute atomic E-state index is 10.1. The van der Waals surface area contributed by atoms with Gasteiger partial charge in [-0.3, -0.25) is 4.79 Å². The first kappa shape index (κ1) is 6.44. The van der Waals surface area contributed by atoms with Crippen LogP contribution in [0.25, 0.3) is 0 Å². The summed E-state index contributed by atoms with van der Waals surface area (Å²) in [5.74, 6) is -0.171. The molecule has 0 heterocycles. The lowest BCUT2D eigenvalue weighted by Crippen LogP contribution is -1.79. The van der Waals surface area contributed by atoms with Gasteiger partial charge in [0.25, 0.3) is 0 Å². The lowest BCUT2D eigenvalue weighted by atomic mass is 10.4. The normalized spacial score (nSPS) is 9.29. The van der Waals surface area contributed by atoms with E-state index in [1.165, 1.54) is 12.2 Å². The molecule has 0 aliphatic heterocycles. The number of hydrogen-bond acceptors (Lipinski definition) is 1. The predicted octanol–water partition coefficient (Wildman–Crippen LogP) is 1.49. The maximum Gasteiger partial charge on any atom is 0.178 e. The second kappa shape index (κ2) is 3.62. The first-order valence-electron chi connectivity index (χ1n) is 1.74. The molecule has 2 heteroatoms. The lowest BCUT2D eigenvalue weighted by Gasteiger charge is -1.70. The Labute approximate surface area is 47.3 Å². The third-order valence-corrected chi connectivity index (χ3v) is 0.554. The smallest absolute Gasteiger partial charge is 0.178 e. The maximum atomic E-state index is 10.1. The Hall–Kier alpha value is -0.560. The van der Waals surface area contributed by atoms with Gasteiger partial charge >= 0.3 is 0 Å². The number of ketones is 1. The van der Waals surface area contributed by atoms with Crippen LogP contribution in [-0.2, 0) is 4.79 Å². The highest BCUT2D eigenvalue weighted by atomic mass is 35.5. The van der Waals surface area contributed by atoms with Gasteiger partial charge in [0.2, 0.25) is 0 Å². The Morgan fingerprint density at radius 3 is 2.43 bits per heavy atom. The summed E-state index contributed by atoms with van der Waals surface area (Å²) in [7, 11) is 0. The molecular weight excluding hydrogens is 112 g/mol. The van der Waals surface area contributed by atoms with E-state index in [4.69, 9.17) is 11.6 Å². The molecule has 0 aliphatic rings. The summed E-state index contributed by atoms with van der Waals surface area (Å²) in [6.45, 7) is 3.22. The van der Waals surface area contributed by atoms with Gasteiger partial charge in [-0.15, -0.1) is 0 Å². The van der Waals surface area contributed by atoms with Crippen molar-refractivity contribution in [3.8, 4) is 0 Å². The molecule has 0 aromatic rings. The molecule has 0 bridgehead atoms. The van der Waals surface area contributed by atoms with Crippen molar-refractivity contribution in [2.45, 2.75) is 0 Å². The Morgan fingerprint density at radius 2 is 2.29 bits per heavy atom. The fourth-order valence-corrected chi connectivity index (χ4v) is 0.254. The van der Waals surface area contributed by atoms with Gasteiger partial charge in [-0.1, -0.05) is 18.2 Å². The van der Waals surface area contributed by atoms with E-state index < -0.39 is 0 Å². The number of hydrogen-bond donors (Lipinski definition) is 0. The molecule has 0 saturated heterocycles. The second-order valence-corrected chi connectivity index (χ2v) is 1.15. The molecule has 0 spiro atoms. The molecular formula is C5H5ClO. The Bertz CT molecular complexity index is 105. The third kappa shape index (κ3) is 3.27. The van der Waals surface area contributed by atoms with Crippen LogP contribution in [0.1, 0.15) is 0 Å². The largest absolute Gasteiger partial charge is 0.290 e. The topological polar surface area (TPSA) is 17.1 Å². The van der Waals surface area contributed by atoms with Gasteiger partial charge in [-0.2, -0.15) is 0 Å². The van der Waals surface area contributed by atoms with Crippen LogP contribution in [0.2, 0.25) is 0 Å². The van der Waals surface area contributed by atoms with Crippen LogP contribution in [0.4, 0.5) is 0 Å². The molecule has 0 fully saturated rings. The van der Waals surface area contributed by atoms with Crippen molar-refractivity contribution in [2.24, 2.45) is 0 Å². The molecule has 0 radical (unpaired) electrons.